The molecule has 3 N–H and O–H groups in total. The Morgan fingerprint density at radius 1 is 1.00 bits per heavy atom. The van der Waals surface area contributed by atoms with E-state index in [0.717, 1.165) is 18.2 Å². The first-order chi connectivity index (χ1) is 9.02. The first-order valence-corrected chi connectivity index (χ1v) is 6.18. The summed E-state index contributed by atoms with van der Waals surface area (Å²) < 4.78 is 40.7. The highest BCUT2D eigenvalue weighted by Crippen LogP contribution is 2.27. The molecule has 0 radical (unpaired) electrons. The van der Waals surface area contributed by atoms with E-state index in [2.05, 4.69) is 21.4 Å². The Hall–Kier alpha value is -1.37. The van der Waals surface area contributed by atoms with Crippen LogP contribution in [0.2, 0.25) is 0 Å². The van der Waals surface area contributed by atoms with Gasteiger partial charge in [-0.15, -0.1) is 0 Å². The zero-order valence-corrected chi connectivity index (χ0v) is 11.2. The highest BCUT2D eigenvalue weighted by atomic mass is 79.9. The molecule has 0 aliphatic carbocycles. The maximum absolute atomic E-state index is 13.7. The molecule has 2 aromatic rings. The molecule has 6 heteroatoms. The Balaban J connectivity index is 2.49. The van der Waals surface area contributed by atoms with E-state index in [1.165, 1.54) is 12.1 Å². The van der Waals surface area contributed by atoms with Crippen molar-refractivity contribution in [3.63, 3.8) is 0 Å². The summed E-state index contributed by atoms with van der Waals surface area (Å²) in [5.41, 5.74) is 2.77. The van der Waals surface area contributed by atoms with Gasteiger partial charge in [-0.05, 0) is 51.8 Å². The van der Waals surface area contributed by atoms with Gasteiger partial charge >= 0.3 is 0 Å². The van der Waals surface area contributed by atoms with Gasteiger partial charge in [0.25, 0.3) is 0 Å². The molecule has 0 amide bonds. The molecule has 0 aromatic heterocycles. The Kier molecular flexibility index (Phi) is 4.24. The van der Waals surface area contributed by atoms with E-state index in [0.29, 0.717) is 5.56 Å². The number of benzene rings is 2. The molecule has 1 unspecified atom stereocenters. The monoisotopic (exact) mass is 330 g/mol. The molecule has 1 atom stereocenters. The number of nitrogens with two attached hydrogens (primary N) is 1. The lowest BCUT2D eigenvalue weighted by Gasteiger charge is -2.18. The number of halogens is 4. The third-order valence-corrected chi connectivity index (χ3v) is 3.36. The van der Waals surface area contributed by atoms with Crippen LogP contribution in [0.3, 0.4) is 0 Å². The summed E-state index contributed by atoms with van der Waals surface area (Å²) in [5.74, 6) is 3.66. The van der Waals surface area contributed by atoms with Gasteiger partial charge in [0.05, 0.1) is 10.5 Å². The fourth-order valence-corrected chi connectivity index (χ4v) is 2.04. The molecule has 0 aliphatic heterocycles. The van der Waals surface area contributed by atoms with Gasteiger partial charge in [-0.2, -0.15) is 0 Å². The van der Waals surface area contributed by atoms with Crippen molar-refractivity contribution < 1.29 is 13.2 Å². The van der Waals surface area contributed by atoms with Gasteiger partial charge in [0.2, 0.25) is 0 Å². The minimum absolute atomic E-state index is 0.0178. The van der Waals surface area contributed by atoms with E-state index in [9.17, 15) is 13.2 Å². The van der Waals surface area contributed by atoms with Crippen molar-refractivity contribution in [2.24, 2.45) is 5.84 Å². The summed E-state index contributed by atoms with van der Waals surface area (Å²) in [6, 6.07) is 6.46. The SMILES string of the molecule is NNC(c1ccc(Br)c(F)c1)c1cc(F)ccc1F. The topological polar surface area (TPSA) is 38.0 Å². The Bertz CT molecular complexity index is 604. The van der Waals surface area contributed by atoms with Crippen molar-refractivity contribution in [3.05, 3.63) is 69.4 Å². The minimum atomic E-state index is -0.835. The van der Waals surface area contributed by atoms with E-state index in [1.807, 2.05) is 0 Å². The average molecular weight is 331 g/mol. The van der Waals surface area contributed by atoms with Gasteiger partial charge in [-0.1, -0.05) is 6.07 Å². The van der Waals surface area contributed by atoms with Crippen LogP contribution in [-0.2, 0) is 0 Å². The lowest BCUT2D eigenvalue weighted by Crippen LogP contribution is -2.29. The number of hydrogen-bond donors (Lipinski definition) is 2. The molecule has 0 heterocycles. The van der Waals surface area contributed by atoms with Crippen LogP contribution in [0.4, 0.5) is 13.2 Å². The second-order valence-electron chi connectivity index (χ2n) is 3.94. The minimum Gasteiger partial charge on any atom is -0.271 e. The quantitative estimate of drug-likeness (QED) is 0.668. The third kappa shape index (κ3) is 2.97. The second-order valence-corrected chi connectivity index (χ2v) is 4.79. The fourth-order valence-electron chi connectivity index (χ4n) is 1.79. The molecule has 2 nitrogen and oxygen atoms in total. The van der Waals surface area contributed by atoms with Gasteiger partial charge < -0.3 is 0 Å². The molecule has 0 saturated carbocycles. The predicted octanol–water partition coefficient (Wildman–Crippen LogP) is 3.42. The van der Waals surface area contributed by atoms with E-state index in [-0.39, 0.29) is 10.0 Å². The summed E-state index contributed by atoms with van der Waals surface area (Å²) in [7, 11) is 0. The molecule has 19 heavy (non-hydrogen) atoms. The van der Waals surface area contributed by atoms with E-state index in [4.69, 9.17) is 5.84 Å². The summed E-state index contributed by atoms with van der Waals surface area (Å²) in [6.45, 7) is 0. The molecule has 0 aliphatic rings. The molecular formula is C13H10BrF3N2. The first kappa shape index (κ1) is 14.0. The maximum atomic E-state index is 13.7. The Morgan fingerprint density at radius 2 is 1.74 bits per heavy atom. The van der Waals surface area contributed by atoms with Gasteiger partial charge in [0.1, 0.15) is 17.5 Å². The maximum Gasteiger partial charge on any atom is 0.137 e. The highest BCUT2D eigenvalue weighted by Gasteiger charge is 2.18. The van der Waals surface area contributed by atoms with Crippen LogP contribution in [0.1, 0.15) is 17.2 Å². The van der Waals surface area contributed by atoms with Crippen molar-refractivity contribution in [2.45, 2.75) is 6.04 Å². The van der Waals surface area contributed by atoms with Crippen molar-refractivity contribution in [2.75, 3.05) is 0 Å². The van der Waals surface area contributed by atoms with E-state index >= 15 is 0 Å². The smallest absolute Gasteiger partial charge is 0.137 e. The Morgan fingerprint density at radius 3 is 2.37 bits per heavy atom. The van der Waals surface area contributed by atoms with Gasteiger partial charge in [-0.25, -0.2) is 18.6 Å². The summed E-state index contributed by atoms with van der Waals surface area (Å²) >= 11 is 3.02. The number of hydrogen-bond acceptors (Lipinski definition) is 2. The normalized spacial score (nSPS) is 12.5. The zero-order chi connectivity index (χ0) is 14.0. The van der Waals surface area contributed by atoms with E-state index < -0.39 is 23.5 Å². The van der Waals surface area contributed by atoms with Crippen molar-refractivity contribution in [1.82, 2.24) is 5.43 Å². The van der Waals surface area contributed by atoms with Crippen LogP contribution in [0, 0.1) is 17.5 Å². The van der Waals surface area contributed by atoms with Crippen molar-refractivity contribution in [3.8, 4) is 0 Å². The lowest BCUT2D eigenvalue weighted by atomic mass is 9.98. The highest BCUT2D eigenvalue weighted by molar-refractivity contribution is 9.10. The van der Waals surface area contributed by atoms with Crippen LogP contribution >= 0.6 is 15.9 Å². The van der Waals surface area contributed by atoms with Crippen LogP contribution < -0.4 is 11.3 Å². The largest absolute Gasteiger partial charge is 0.271 e. The standard InChI is InChI=1S/C13H10BrF3N2/c14-10-3-1-7(5-12(10)17)13(19-18)9-6-8(15)2-4-11(9)16/h1-6,13,19H,18H2. The number of hydrazine groups is 1. The summed E-state index contributed by atoms with van der Waals surface area (Å²) in [5, 5.41) is 0. The van der Waals surface area contributed by atoms with Crippen LogP contribution in [0.25, 0.3) is 0 Å². The van der Waals surface area contributed by atoms with Crippen LogP contribution in [0.15, 0.2) is 40.9 Å². The van der Waals surface area contributed by atoms with Crippen molar-refractivity contribution in [1.29, 1.82) is 0 Å². The molecule has 0 bridgehead atoms. The van der Waals surface area contributed by atoms with Gasteiger partial charge in [0.15, 0.2) is 0 Å². The molecule has 0 spiro atoms. The molecule has 2 aromatic carbocycles. The fraction of sp³-hybridized carbons (Fsp3) is 0.0769. The second kappa shape index (κ2) is 5.73. The molecular weight excluding hydrogens is 321 g/mol. The van der Waals surface area contributed by atoms with Crippen LogP contribution in [-0.4, -0.2) is 0 Å². The average Bonchev–Trinajstić information content (AvgIpc) is 2.38. The summed E-state index contributed by atoms with van der Waals surface area (Å²) in [6.07, 6.45) is 0. The molecule has 0 saturated heterocycles. The molecule has 100 valence electrons. The van der Waals surface area contributed by atoms with Crippen LogP contribution in [0.5, 0.6) is 0 Å². The van der Waals surface area contributed by atoms with Gasteiger partial charge in [0, 0.05) is 5.56 Å². The Labute approximate surface area is 116 Å². The van der Waals surface area contributed by atoms with Crippen molar-refractivity contribution >= 4 is 15.9 Å². The number of rotatable bonds is 3. The predicted molar refractivity (Wildman–Crippen MR) is 69.6 cm³/mol. The summed E-state index contributed by atoms with van der Waals surface area (Å²) in [4.78, 5) is 0. The third-order valence-electron chi connectivity index (χ3n) is 2.71. The lowest BCUT2D eigenvalue weighted by molar-refractivity contribution is 0.542. The van der Waals surface area contributed by atoms with Gasteiger partial charge in [-0.3, -0.25) is 5.84 Å². The van der Waals surface area contributed by atoms with E-state index in [1.54, 1.807) is 6.07 Å². The molecule has 0 fully saturated rings. The number of nitrogens with one attached hydrogen (secondary N) is 1. The zero-order valence-electron chi connectivity index (χ0n) is 9.63. The first-order valence-electron chi connectivity index (χ1n) is 5.39. The molecule has 2 rings (SSSR count).